The minimum atomic E-state index is 0.0861. The quantitative estimate of drug-likeness (QED) is 0.523. The molecule has 1 spiro atoms. The van der Waals surface area contributed by atoms with Crippen molar-refractivity contribution < 1.29 is 9.59 Å². The number of hydrogen-bond donors (Lipinski definition) is 1. The Labute approximate surface area is 70.9 Å². The zero-order valence-electron chi connectivity index (χ0n) is 7.09. The predicted molar refractivity (Wildman–Crippen MR) is 42.3 cm³/mol. The van der Waals surface area contributed by atoms with E-state index >= 15 is 0 Å². The van der Waals surface area contributed by atoms with Gasteiger partial charge in [-0.25, -0.2) is 0 Å². The lowest BCUT2D eigenvalue weighted by Gasteiger charge is -2.46. The van der Waals surface area contributed by atoms with Crippen LogP contribution in [0.2, 0.25) is 0 Å². The molecule has 0 saturated carbocycles. The molecular formula is C8H12N2O2. The fourth-order valence-electron chi connectivity index (χ4n) is 1.96. The Kier molecular flexibility index (Phi) is 1.40. The molecule has 1 N–H and O–H groups in total. The Bertz CT molecular complexity index is 243. The highest BCUT2D eigenvalue weighted by molar-refractivity contribution is 5.81. The van der Waals surface area contributed by atoms with Crippen LogP contribution in [0.4, 0.5) is 0 Å². The van der Waals surface area contributed by atoms with Gasteiger partial charge < -0.3 is 10.2 Å². The third-order valence-corrected chi connectivity index (χ3v) is 2.69. The van der Waals surface area contributed by atoms with Crippen molar-refractivity contribution in [3.05, 3.63) is 0 Å². The maximum absolute atomic E-state index is 10.9. The van der Waals surface area contributed by atoms with Gasteiger partial charge >= 0.3 is 0 Å². The highest BCUT2D eigenvalue weighted by Gasteiger charge is 2.48. The van der Waals surface area contributed by atoms with E-state index in [0.717, 1.165) is 19.6 Å². The van der Waals surface area contributed by atoms with Crippen molar-refractivity contribution in [1.82, 2.24) is 10.2 Å². The molecule has 0 aromatic carbocycles. The molecule has 0 aromatic rings. The van der Waals surface area contributed by atoms with Crippen molar-refractivity contribution in [3.8, 4) is 0 Å². The fourth-order valence-corrected chi connectivity index (χ4v) is 1.96. The molecule has 0 aromatic heterocycles. The molecule has 2 aliphatic heterocycles. The summed E-state index contributed by atoms with van der Waals surface area (Å²) < 4.78 is 0. The van der Waals surface area contributed by atoms with E-state index in [2.05, 4.69) is 5.32 Å². The van der Waals surface area contributed by atoms with Gasteiger partial charge in [0.05, 0.1) is 0 Å². The number of carbonyl (C=O) groups excluding carboxylic acids is 2. The van der Waals surface area contributed by atoms with E-state index in [0.29, 0.717) is 6.42 Å². The molecule has 2 aliphatic rings. The molecule has 12 heavy (non-hydrogen) atoms. The number of amides is 2. The molecule has 0 aliphatic carbocycles. The second kappa shape index (κ2) is 2.21. The number of rotatable bonds is 0. The third-order valence-electron chi connectivity index (χ3n) is 2.69. The standard InChI is InChI=1S/C8H12N2O2/c1-6(11)10-4-8(5-10)2-7(12)9-3-8/h2-5H2,1H3,(H,9,12). The van der Waals surface area contributed by atoms with Crippen LogP contribution in [0.25, 0.3) is 0 Å². The van der Waals surface area contributed by atoms with Crippen LogP contribution in [0.1, 0.15) is 13.3 Å². The summed E-state index contributed by atoms with van der Waals surface area (Å²) in [4.78, 5) is 23.6. The van der Waals surface area contributed by atoms with Gasteiger partial charge in [0.25, 0.3) is 0 Å². The average Bonchev–Trinajstić information content (AvgIpc) is 2.27. The average molecular weight is 168 g/mol. The van der Waals surface area contributed by atoms with Gasteiger partial charge in [0.15, 0.2) is 0 Å². The van der Waals surface area contributed by atoms with Gasteiger partial charge in [-0.05, 0) is 0 Å². The van der Waals surface area contributed by atoms with Gasteiger partial charge in [-0.2, -0.15) is 0 Å². The van der Waals surface area contributed by atoms with E-state index in [1.165, 1.54) is 0 Å². The van der Waals surface area contributed by atoms with Crippen LogP contribution in [-0.2, 0) is 9.59 Å². The van der Waals surface area contributed by atoms with Gasteiger partial charge in [0, 0.05) is 38.4 Å². The van der Waals surface area contributed by atoms with Crippen molar-refractivity contribution in [2.75, 3.05) is 19.6 Å². The second-order valence-electron chi connectivity index (χ2n) is 3.83. The van der Waals surface area contributed by atoms with E-state index in [4.69, 9.17) is 0 Å². The molecule has 0 unspecified atom stereocenters. The number of nitrogens with zero attached hydrogens (tertiary/aromatic N) is 1. The minimum Gasteiger partial charge on any atom is -0.355 e. The van der Waals surface area contributed by atoms with E-state index in [1.807, 2.05) is 0 Å². The maximum Gasteiger partial charge on any atom is 0.220 e. The van der Waals surface area contributed by atoms with E-state index < -0.39 is 0 Å². The molecule has 4 nitrogen and oxygen atoms in total. The molecular weight excluding hydrogens is 156 g/mol. The largest absolute Gasteiger partial charge is 0.355 e. The summed E-state index contributed by atoms with van der Waals surface area (Å²) in [6.07, 6.45) is 0.594. The Morgan fingerprint density at radius 1 is 1.58 bits per heavy atom. The maximum atomic E-state index is 10.9. The first-order valence-electron chi connectivity index (χ1n) is 4.14. The summed E-state index contributed by atoms with van der Waals surface area (Å²) in [5.74, 6) is 0.234. The smallest absolute Gasteiger partial charge is 0.220 e. The van der Waals surface area contributed by atoms with Gasteiger partial charge in [-0.1, -0.05) is 0 Å². The van der Waals surface area contributed by atoms with Crippen molar-refractivity contribution in [1.29, 1.82) is 0 Å². The van der Waals surface area contributed by atoms with Gasteiger partial charge in [0.1, 0.15) is 0 Å². The lowest BCUT2D eigenvalue weighted by Crippen LogP contribution is -2.58. The van der Waals surface area contributed by atoms with Crippen molar-refractivity contribution in [2.24, 2.45) is 5.41 Å². The number of likely N-dealkylation sites (tertiary alicyclic amines) is 1. The molecule has 4 heteroatoms. The lowest BCUT2D eigenvalue weighted by molar-refractivity contribution is -0.140. The van der Waals surface area contributed by atoms with Crippen LogP contribution >= 0.6 is 0 Å². The Morgan fingerprint density at radius 3 is 2.67 bits per heavy atom. The van der Waals surface area contributed by atoms with Crippen LogP contribution < -0.4 is 5.32 Å². The van der Waals surface area contributed by atoms with Gasteiger partial charge in [0.2, 0.25) is 11.8 Å². The number of nitrogens with one attached hydrogen (secondary N) is 1. The summed E-state index contributed by atoms with van der Waals surface area (Å²) in [5, 5.41) is 2.79. The summed E-state index contributed by atoms with van der Waals surface area (Å²) in [7, 11) is 0. The molecule has 0 atom stereocenters. The Balaban J connectivity index is 1.95. The monoisotopic (exact) mass is 168 g/mol. The van der Waals surface area contributed by atoms with Gasteiger partial charge in [-0.15, -0.1) is 0 Å². The second-order valence-corrected chi connectivity index (χ2v) is 3.83. The predicted octanol–water partition coefficient (Wildman–Crippen LogP) is -0.645. The molecule has 2 amide bonds. The first kappa shape index (κ1) is 7.58. The summed E-state index contributed by atoms with van der Waals surface area (Å²) in [6, 6.07) is 0. The molecule has 2 rings (SSSR count). The third kappa shape index (κ3) is 0.983. The molecule has 2 fully saturated rings. The minimum absolute atomic E-state index is 0.0861. The summed E-state index contributed by atoms with van der Waals surface area (Å²) >= 11 is 0. The SMILES string of the molecule is CC(=O)N1CC2(CNC(=O)C2)C1. The van der Waals surface area contributed by atoms with Crippen LogP contribution in [0, 0.1) is 5.41 Å². The van der Waals surface area contributed by atoms with Crippen molar-refractivity contribution in [2.45, 2.75) is 13.3 Å². The van der Waals surface area contributed by atoms with Crippen molar-refractivity contribution >= 4 is 11.8 Å². The van der Waals surface area contributed by atoms with Crippen LogP contribution in [0.5, 0.6) is 0 Å². The summed E-state index contributed by atoms with van der Waals surface area (Å²) in [6.45, 7) is 3.81. The Morgan fingerprint density at radius 2 is 2.25 bits per heavy atom. The van der Waals surface area contributed by atoms with Gasteiger partial charge in [-0.3, -0.25) is 9.59 Å². The topological polar surface area (TPSA) is 49.4 Å². The number of hydrogen-bond acceptors (Lipinski definition) is 2. The molecule has 2 heterocycles. The normalized spacial score (nSPS) is 25.4. The first-order chi connectivity index (χ1) is 5.61. The summed E-state index contributed by atoms with van der Waals surface area (Å²) in [5.41, 5.74) is 0.0861. The first-order valence-corrected chi connectivity index (χ1v) is 4.14. The van der Waals surface area contributed by atoms with Crippen LogP contribution in [0.3, 0.4) is 0 Å². The van der Waals surface area contributed by atoms with E-state index in [1.54, 1.807) is 11.8 Å². The molecule has 66 valence electrons. The van der Waals surface area contributed by atoms with Crippen molar-refractivity contribution in [3.63, 3.8) is 0 Å². The van der Waals surface area contributed by atoms with Crippen LogP contribution in [-0.4, -0.2) is 36.3 Å². The molecule has 0 bridgehead atoms. The Hall–Kier alpha value is -1.06. The zero-order valence-corrected chi connectivity index (χ0v) is 7.09. The molecule has 2 saturated heterocycles. The van der Waals surface area contributed by atoms with Crippen LogP contribution in [0.15, 0.2) is 0 Å². The van der Waals surface area contributed by atoms with E-state index in [-0.39, 0.29) is 17.2 Å². The highest BCUT2D eigenvalue weighted by atomic mass is 16.2. The molecule has 0 radical (unpaired) electrons. The highest BCUT2D eigenvalue weighted by Crippen LogP contribution is 2.36. The fraction of sp³-hybridized carbons (Fsp3) is 0.750. The zero-order chi connectivity index (χ0) is 8.77. The van der Waals surface area contributed by atoms with E-state index in [9.17, 15) is 9.59 Å². The lowest BCUT2D eigenvalue weighted by atomic mass is 9.79. The number of carbonyl (C=O) groups is 2.